The number of esters is 1. The third-order valence-electron chi connectivity index (χ3n) is 3.09. The van der Waals surface area contributed by atoms with Gasteiger partial charge in [-0.2, -0.15) is 0 Å². The van der Waals surface area contributed by atoms with Crippen LogP contribution in [0.15, 0.2) is 30.6 Å². The van der Waals surface area contributed by atoms with Crippen LogP contribution < -0.4 is 4.74 Å². The van der Waals surface area contributed by atoms with Crippen LogP contribution in [0.3, 0.4) is 0 Å². The van der Waals surface area contributed by atoms with Gasteiger partial charge in [0.15, 0.2) is 5.82 Å². The summed E-state index contributed by atoms with van der Waals surface area (Å²) in [5.74, 6) is 0.268. The number of hydrogen-bond donors (Lipinski definition) is 0. The maximum Gasteiger partial charge on any atom is 0.516 e. The third kappa shape index (κ3) is 7.03. The van der Waals surface area contributed by atoms with E-state index >= 15 is 0 Å². The Morgan fingerprint density at radius 3 is 2.64 bits per heavy atom. The van der Waals surface area contributed by atoms with Crippen molar-refractivity contribution in [3.05, 3.63) is 35.6 Å². The predicted molar refractivity (Wildman–Crippen MR) is 104 cm³/mol. The van der Waals surface area contributed by atoms with Gasteiger partial charge >= 0.3 is 12.1 Å². The Balaban J connectivity index is 2.02. The largest absolute Gasteiger partial charge is 0.516 e. The summed E-state index contributed by atoms with van der Waals surface area (Å²) < 4.78 is 16.2. The standard InChI is InChI=1S/C19H22ClN3O5/c1-12(2)10-26-19(25)28-17(24)5-6-23-11-21-18(22-23)14-7-15(20)9-16(8-14)27-13(3)4/h5-9,11-13H,10H2,1-4H3/b6-5-. The minimum Gasteiger partial charge on any atom is -0.491 e. The van der Waals surface area contributed by atoms with Crippen LogP contribution in [0.5, 0.6) is 5.75 Å². The van der Waals surface area contributed by atoms with Gasteiger partial charge in [-0.3, -0.25) is 0 Å². The lowest BCUT2D eigenvalue weighted by atomic mass is 10.2. The van der Waals surface area contributed by atoms with Crippen molar-refractivity contribution in [2.24, 2.45) is 5.92 Å². The van der Waals surface area contributed by atoms with Crippen LogP contribution >= 0.6 is 11.6 Å². The first-order valence-electron chi connectivity index (χ1n) is 8.68. The Labute approximate surface area is 168 Å². The van der Waals surface area contributed by atoms with E-state index in [2.05, 4.69) is 14.8 Å². The normalized spacial score (nSPS) is 11.2. The number of halogens is 1. The first-order valence-corrected chi connectivity index (χ1v) is 9.06. The van der Waals surface area contributed by atoms with Crippen molar-refractivity contribution in [3.8, 4) is 17.1 Å². The van der Waals surface area contributed by atoms with Gasteiger partial charge in [0.1, 0.15) is 12.1 Å². The average Bonchev–Trinajstić information content (AvgIpc) is 3.06. The fourth-order valence-corrected chi connectivity index (χ4v) is 2.25. The van der Waals surface area contributed by atoms with E-state index in [0.717, 1.165) is 6.08 Å². The van der Waals surface area contributed by atoms with Gasteiger partial charge in [-0.05, 0) is 38.0 Å². The lowest BCUT2D eigenvalue weighted by molar-refractivity contribution is -0.134. The molecule has 0 unspecified atom stereocenters. The molecule has 0 amide bonds. The Kier molecular flexibility index (Phi) is 7.57. The zero-order valence-corrected chi connectivity index (χ0v) is 16.8. The number of ether oxygens (including phenoxy) is 3. The van der Waals surface area contributed by atoms with E-state index < -0.39 is 12.1 Å². The van der Waals surface area contributed by atoms with Crippen molar-refractivity contribution < 1.29 is 23.8 Å². The molecule has 8 nitrogen and oxygen atoms in total. The Hall–Kier alpha value is -2.87. The van der Waals surface area contributed by atoms with Gasteiger partial charge in [0.25, 0.3) is 0 Å². The highest BCUT2D eigenvalue weighted by atomic mass is 35.5. The van der Waals surface area contributed by atoms with E-state index in [4.69, 9.17) is 21.1 Å². The van der Waals surface area contributed by atoms with Gasteiger partial charge in [0, 0.05) is 22.9 Å². The van der Waals surface area contributed by atoms with Gasteiger partial charge in [0.05, 0.1) is 12.7 Å². The van der Waals surface area contributed by atoms with Crippen molar-refractivity contribution in [1.29, 1.82) is 0 Å². The van der Waals surface area contributed by atoms with Crippen LogP contribution in [0.25, 0.3) is 17.6 Å². The lowest BCUT2D eigenvalue weighted by Crippen LogP contribution is -2.14. The molecule has 0 aliphatic rings. The molecule has 0 atom stereocenters. The second-order valence-corrected chi connectivity index (χ2v) is 7.02. The van der Waals surface area contributed by atoms with E-state index in [9.17, 15) is 9.59 Å². The fraction of sp³-hybridized carbons (Fsp3) is 0.368. The Morgan fingerprint density at radius 2 is 1.96 bits per heavy atom. The third-order valence-corrected chi connectivity index (χ3v) is 3.31. The summed E-state index contributed by atoms with van der Waals surface area (Å²) >= 11 is 6.13. The SMILES string of the molecule is CC(C)COC(=O)OC(=O)/C=C\n1cnc(-c2cc(Cl)cc(OC(C)C)c2)n1. The second kappa shape index (κ2) is 9.89. The van der Waals surface area contributed by atoms with Crippen LogP contribution in [0.1, 0.15) is 27.7 Å². The second-order valence-electron chi connectivity index (χ2n) is 6.58. The van der Waals surface area contributed by atoms with E-state index in [0.29, 0.717) is 22.2 Å². The first-order chi connectivity index (χ1) is 13.2. The quantitative estimate of drug-likeness (QED) is 0.386. The van der Waals surface area contributed by atoms with Gasteiger partial charge in [-0.25, -0.2) is 19.3 Å². The molecule has 0 radical (unpaired) electrons. The summed E-state index contributed by atoms with van der Waals surface area (Å²) in [4.78, 5) is 27.2. The maximum atomic E-state index is 11.6. The zero-order valence-electron chi connectivity index (χ0n) is 16.1. The Bertz CT molecular complexity index is 861. The molecule has 9 heteroatoms. The summed E-state index contributed by atoms with van der Waals surface area (Å²) in [5.41, 5.74) is 0.662. The summed E-state index contributed by atoms with van der Waals surface area (Å²) in [5, 5.41) is 4.72. The van der Waals surface area contributed by atoms with Crippen molar-refractivity contribution in [3.63, 3.8) is 0 Å². The molecule has 0 saturated carbocycles. The van der Waals surface area contributed by atoms with Crippen LogP contribution in [0.4, 0.5) is 4.79 Å². The van der Waals surface area contributed by atoms with E-state index in [1.807, 2.05) is 27.7 Å². The smallest absolute Gasteiger partial charge is 0.491 e. The highest BCUT2D eigenvalue weighted by Gasteiger charge is 2.11. The molecule has 150 valence electrons. The van der Waals surface area contributed by atoms with Crippen molar-refractivity contribution >= 4 is 29.9 Å². The summed E-state index contributed by atoms with van der Waals surface area (Å²) in [6.45, 7) is 7.74. The number of aromatic nitrogens is 3. The predicted octanol–water partition coefficient (Wildman–Crippen LogP) is 4.19. The molecule has 28 heavy (non-hydrogen) atoms. The molecule has 1 heterocycles. The summed E-state index contributed by atoms with van der Waals surface area (Å²) in [6.07, 6.45) is 2.71. The molecule has 0 N–H and O–H groups in total. The van der Waals surface area contributed by atoms with Crippen LogP contribution in [0, 0.1) is 5.92 Å². The zero-order chi connectivity index (χ0) is 20.7. The molecule has 0 bridgehead atoms. The summed E-state index contributed by atoms with van der Waals surface area (Å²) in [7, 11) is 0. The van der Waals surface area contributed by atoms with Crippen molar-refractivity contribution in [2.75, 3.05) is 6.61 Å². The van der Waals surface area contributed by atoms with Gasteiger partial charge in [0.2, 0.25) is 0 Å². The van der Waals surface area contributed by atoms with Crippen molar-refractivity contribution in [2.45, 2.75) is 33.8 Å². The number of rotatable bonds is 7. The number of carbonyl (C=O) groups excluding carboxylic acids is 2. The molecule has 0 spiro atoms. The molecule has 0 fully saturated rings. The van der Waals surface area contributed by atoms with E-state index in [1.54, 1.807) is 18.2 Å². The van der Waals surface area contributed by atoms with Gasteiger partial charge < -0.3 is 14.2 Å². The van der Waals surface area contributed by atoms with E-state index in [-0.39, 0.29) is 18.6 Å². The molecule has 0 aliphatic carbocycles. The Morgan fingerprint density at radius 1 is 1.21 bits per heavy atom. The van der Waals surface area contributed by atoms with Crippen LogP contribution in [-0.2, 0) is 14.3 Å². The monoisotopic (exact) mass is 407 g/mol. The average molecular weight is 408 g/mol. The van der Waals surface area contributed by atoms with E-state index in [1.165, 1.54) is 17.2 Å². The van der Waals surface area contributed by atoms with Gasteiger partial charge in [-0.1, -0.05) is 25.4 Å². The highest BCUT2D eigenvalue weighted by Crippen LogP contribution is 2.27. The first kappa shape index (κ1) is 21.4. The number of benzene rings is 1. The van der Waals surface area contributed by atoms with Gasteiger partial charge in [-0.15, -0.1) is 5.10 Å². The molecular formula is C19H22ClN3O5. The maximum absolute atomic E-state index is 11.6. The number of nitrogens with zero attached hydrogens (tertiary/aromatic N) is 3. The van der Waals surface area contributed by atoms with Crippen LogP contribution in [0.2, 0.25) is 5.02 Å². The number of hydrogen-bond acceptors (Lipinski definition) is 7. The van der Waals surface area contributed by atoms with Crippen LogP contribution in [-0.4, -0.2) is 39.6 Å². The topological polar surface area (TPSA) is 92.5 Å². The minimum atomic E-state index is -1.04. The molecule has 2 rings (SSSR count). The number of carbonyl (C=O) groups is 2. The molecular weight excluding hydrogens is 386 g/mol. The van der Waals surface area contributed by atoms with Crippen molar-refractivity contribution in [1.82, 2.24) is 14.8 Å². The molecule has 1 aromatic carbocycles. The molecule has 1 aromatic heterocycles. The fourth-order valence-electron chi connectivity index (χ4n) is 2.03. The molecule has 2 aromatic rings. The highest BCUT2D eigenvalue weighted by molar-refractivity contribution is 6.31. The lowest BCUT2D eigenvalue weighted by Gasteiger charge is -2.10. The molecule has 0 aliphatic heterocycles. The summed E-state index contributed by atoms with van der Waals surface area (Å²) in [6, 6.07) is 5.18. The minimum absolute atomic E-state index is 0.00185. The molecule has 0 saturated heterocycles.